The monoisotopic (exact) mass is 273 g/mol. The standard InChI is InChI=1S/C12H15N7O/c1-6(12-16-18-19-17-12)14-10-5-9-7(4-8(10)13)2-3-11(20)15-9/h4-6,14H,2-3,13H2,1H3,(H,15,20)(H,16,17,18,19). The fraction of sp³-hybridized carbons (Fsp3) is 0.333. The molecule has 104 valence electrons. The van der Waals surface area contributed by atoms with E-state index in [9.17, 15) is 4.79 Å². The number of aromatic nitrogens is 4. The number of nitrogens with two attached hydrogens (primary N) is 1. The van der Waals surface area contributed by atoms with Gasteiger partial charge in [0.05, 0.1) is 17.4 Å². The predicted molar refractivity (Wildman–Crippen MR) is 74.0 cm³/mol. The lowest BCUT2D eigenvalue weighted by Crippen LogP contribution is -2.20. The third-order valence-corrected chi connectivity index (χ3v) is 3.29. The van der Waals surface area contributed by atoms with Gasteiger partial charge < -0.3 is 16.4 Å². The number of carbonyl (C=O) groups excluding carboxylic acids is 1. The Labute approximate surface area is 115 Å². The van der Waals surface area contributed by atoms with Gasteiger partial charge >= 0.3 is 0 Å². The van der Waals surface area contributed by atoms with E-state index in [1.165, 1.54) is 0 Å². The van der Waals surface area contributed by atoms with Crippen LogP contribution < -0.4 is 16.4 Å². The molecular weight excluding hydrogens is 258 g/mol. The first-order valence-corrected chi connectivity index (χ1v) is 6.35. The molecule has 0 saturated carbocycles. The van der Waals surface area contributed by atoms with E-state index < -0.39 is 0 Å². The number of nitrogens with zero attached hydrogens (tertiary/aromatic N) is 3. The van der Waals surface area contributed by atoms with Crippen molar-refractivity contribution in [2.75, 3.05) is 16.4 Å². The SMILES string of the molecule is CC(Nc1cc2c(cc1N)CCC(=O)N2)c1nn[nH]n1. The number of aromatic amines is 1. The van der Waals surface area contributed by atoms with E-state index in [1.54, 1.807) is 0 Å². The topological polar surface area (TPSA) is 122 Å². The van der Waals surface area contributed by atoms with Gasteiger partial charge in [-0.3, -0.25) is 4.79 Å². The fourth-order valence-electron chi connectivity index (χ4n) is 2.22. The third kappa shape index (κ3) is 2.27. The number of amides is 1. The Hall–Kier alpha value is -2.64. The number of anilines is 3. The Bertz CT molecular complexity index is 638. The van der Waals surface area contributed by atoms with Crippen molar-refractivity contribution in [3.05, 3.63) is 23.5 Å². The number of carbonyl (C=O) groups is 1. The maximum absolute atomic E-state index is 11.4. The van der Waals surface area contributed by atoms with Gasteiger partial charge in [0.15, 0.2) is 5.82 Å². The maximum atomic E-state index is 11.4. The largest absolute Gasteiger partial charge is 0.397 e. The Kier molecular flexibility index (Phi) is 2.97. The van der Waals surface area contributed by atoms with Crippen molar-refractivity contribution in [3.8, 4) is 0 Å². The molecule has 0 radical (unpaired) electrons. The van der Waals surface area contributed by atoms with Crippen LogP contribution in [-0.4, -0.2) is 26.5 Å². The molecule has 1 aromatic carbocycles. The molecule has 8 nitrogen and oxygen atoms in total. The summed E-state index contributed by atoms with van der Waals surface area (Å²) in [6.07, 6.45) is 1.21. The highest BCUT2D eigenvalue weighted by molar-refractivity contribution is 5.95. The predicted octanol–water partition coefficient (Wildman–Crippen LogP) is 0.840. The van der Waals surface area contributed by atoms with Crippen molar-refractivity contribution in [1.82, 2.24) is 20.6 Å². The van der Waals surface area contributed by atoms with Crippen LogP contribution in [0.4, 0.5) is 17.1 Å². The molecule has 20 heavy (non-hydrogen) atoms. The molecule has 2 aromatic rings. The third-order valence-electron chi connectivity index (χ3n) is 3.29. The molecule has 0 spiro atoms. The van der Waals surface area contributed by atoms with E-state index in [0.717, 1.165) is 16.9 Å². The molecule has 0 fully saturated rings. The van der Waals surface area contributed by atoms with Crippen LogP contribution in [0.5, 0.6) is 0 Å². The Balaban J connectivity index is 1.86. The van der Waals surface area contributed by atoms with Crippen molar-refractivity contribution in [2.24, 2.45) is 0 Å². The number of hydrogen-bond donors (Lipinski definition) is 4. The number of benzene rings is 1. The minimum absolute atomic E-state index is 0.0273. The van der Waals surface area contributed by atoms with Gasteiger partial charge in [0.25, 0.3) is 0 Å². The second-order valence-corrected chi connectivity index (χ2v) is 4.78. The minimum Gasteiger partial charge on any atom is -0.397 e. The summed E-state index contributed by atoms with van der Waals surface area (Å²) in [6.45, 7) is 1.91. The first-order chi connectivity index (χ1) is 9.63. The molecular formula is C12H15N7O. The van der Waals surface area contributed by atoms with E-state index in [0.29, 0.717) is 24.4 Å². The van der Waals surface area contributed by atoms with Gasteiger partial charge in [0.1, 0.15) is 0 Å². The highest BCUT2D eigenvalue weighted by Crippen LogP contribution is 2.32. The zero-order valence-corrected chi connectivity index (χ0v) is 11.0. The Morgan fingerprint density at radius 2 is 2.25 bits per heavy atom. The summed E-state index contributed by atoms with van der Waals surface area (Å²) in [7, 11) is 0. The number of aryl methyl sites for hydroxylation is 1. The molecule has 2 heterocycles. The molecule has 8 heteroatoms. The zero-order chi connectivity index (χ0) is 14.1. The van der Waals surface area contributed by atoms with Crippen molar-refractivity contribution in [2.45, 2.75) is 25.8 Å². The molecule has 1 unspecified atom stereocenters. The molecule has 1 aliphatic rings. The lowest BCUT2D eigenvalue weighted by atomic mass is 10.0. The zero-order valence-electron chi connectivity index (χ0n) is 11.0. The summed E-state index contributed by atoms with van der Waals surface area (Å²) in [4.78, 5) is 11.4. The molecule has 1 amide bonds. The number of hydrogen-bond acceptors (Lipinski definition) is 6. The second-order valence-electron chi connectivity index (χ2n) is 4.78. The van der Waals surface area contributed by atoms with Crippen LogP contribution >= 0.6 is 0 Å². The Morgan fingerprint density at radius 3 is 3.00 bits per heavy atom. The van der Waals surface area contributed by atoms with E-state index in [4.69, 9.17) is 5.73 Å². The van der Waals surface area contributed by atoms with E-state index in [2.05, 4.69) is 31.3 Å². The molecule has 0 saturated heterocycles. The highest BCUT2D eigenvalue weighted by atomic mass is 16.1. The number of tetrazole rings is 1. The number of nitrogen functional groups attached to an aromatic ring is 1. The van der Waals surface area contributed by atoms with Crippen molar-refractivity contribution >= 4 is 23.0 Å². The van der Waals surface area contributed by atoms with Crippen LogP contribution in [0.2, 0.25) is 0 Å². The van der Waals surface area contributed by atoms with Crippen LogP contribution in [0, 0.1) is 0 Å². The quantitative estimate of drug-likeness (QED) is 0.615. The van der Waals surface area contributed by atoms with Crippen LogP contribution in [0.25, 0.3) is 0 Å². The summed E-state index contributed by atoms with van der Waals surface area (Å²) >= 11 is 0. The molecule has 1 aliphatic heterocycles. The average Bonchev–Trinajstić information content (AvgIpc) is 2.94. The maximum Gasteiger partial charge on any atom is 0.224 e. The molecule has 3 rings (SSSR count). The van der Waals surface area contributed by atoms with Crippen LogP contribution in [0.1, 0.15) is 30.8 Å². The second kappa shape index (κ2) is 4.80. The molecule has 1 aromatic heterocycles. The summed E-state index contributed by atoms with van der Waals surface area (Å²) in [5, 5.41) is 19.8. The molecule has 1 atom stereocenters. The smallest absolute Gasteiger partial charge is 0.224 e. The summed E-state index contributed by atoms with van der Waals surface area (Å²) in [5.41, 5.74) is 9.27. The van der Waals surface area contributed by atoms with E-state index in [1.807, 2.05) is 19.1 Å². The van der Waals surface area contributed by atoms with Gasteiger partial charge in [-0.05, 0) is 31.0 Å². The van der Waals surface area contributed by atoms with Crippen LogP contribution in [0.15, 0.2) is 12.1 Å². The van der Waals surface area contributed by atoms with Crippen molar-refractivity contribution in [3.63, 3.8) is 0 Å². The van der Waals surface area contributed by atoms with Gasteiger partial charge in [-0.1, -0.05) is 5.21 Å². The van der Waals surface area contributed by atoms with Gasteiger partial charge in [-0.25, -0.2) is 0 Å². The van der Waals surface area contributed by atoms with Crippen molar-refractivity contribution < 1.29 is 4.79 Å². The van der Waals surface area contributed by atoms with Crippen LogP contribution in [-0.2, 0) is 11.2 Å². The normalized spacial score (nSPS) is 15.3. The lowest BCUT2D eigenvalue weighted by molar-refractivity contribution is -0.116. The van der Waals surface area contributed by atoms with Crippen LogP contribution in [0.3, 0.4) is 0 Å². The van der Waals surface area contributed by atoms with Gasteiger partial charge in [0.2, 0.25) is 5.91 Å². The minimum atomic E-state index is -0.145. The summed E-state index contributed by atoms with van der Waals surface area (Å²) < 4.78 is 0. The molecule has 5 N–H and O–H groups in total. The Morgan fingerprint density at radius 1 is 1.40 bits per heavy atom. The number of H-pyrrole nitrogens is 1. The van der Waals surface area contributed by atoms with E-state index >= 15 is 0 Å². The lowest BCUT2D eigenvalue weighted by Gasteiger charge is -2.21. The van der Waals surface area contributed by atoms with E-state index in [-0.39, 0.29) is 11.9 Å². The van der Waals surface area contributed by atoms with Crippen molar-refractivity contribution in [1.29, 1.82) is 0 Å². The number of fused-ring (bicyclic) bond motifs is 1. The average molecular weight is 273 g/mol. The first-order valence-electron chi connectivity index (χ1n) is 6.35. The van der Waals surface area contributed by atoms with Gasteiger partial charge in [-0.2, -0.15) is 5.21 Å². The van der Waals surface area contributed by atoms with Gasteiger partial charge in [-0.15, -0.1) is 10.2 Å². The first kappa shape index (κ1) is 12.4. The number of nitrogens with one attached hydrogen (secondary N) is 3. The summed E-state index contributed by atoms with van der Waals surface area (Å²) in [5.74, 6) is 0.575. The summed E-state index contributed by atoms with van der Waals surface area (Å²) in [6, 6.07) is 3.59. The van der Waals surface area contributed by atoms with Gasteiger partial charge in [0, 0.05) is 12.1 Å². The fourth-order valence-corrected chi connectivity index (χ4v) is 2.22. The molecule has 0 aliphatic carbocycles. The highest BCUT2D eigenvalue weighted by Gasteiger charge is 2.18. The number of rotatable bonds is 3. The molecule has 0 bridgehead atoms.